The second kappa shape index (κ2) is 7.09. The molecule has 0 aliphatic carbocycles. The summed E-state index contributed by atoms with van der Waals surface area (Å²) in [5, 5.41) is 0. The lowest BCUT2D eigenvalue weighted by Crippen LogP contribution is -2.19. The van der Waals surface area contributed by atoms with E-state index < -0.39 is 0 Å². The number of hydrogen-bond acceptors (Lipinski definition) is 3. The Labute approximate surface area is 104 Å². The molecule has 0 amide bonds. The standard InChI is InChI=1S/C14H22N2O/c1-12(11-15)10-13-4-6-14(7-5-13)17-9-8-16(2)3/h4-7,10H,8-9,11,15H2,1-3H3. The van der Waals surface area contributed by atoms with Crippen molar-refractivity contribution in [2.24, 2.45) is 5.73 Å². The van der Waals surface area contributed by atoms with Crippen LogP contribution in [-0.2, 0) is 0 Å². The molecule has 3 nitrogen and oxygen atoms in total. The second-order valence-electron chi connectivity index (χ2n) is 4.42. The summed E-state index contributed by atoms with van der Waals surface area (Å²) in [5.41, 5.74) is 7.88. The van der Waals surface area contributed by atoms with Gasteiger partial charge in [0.2, 0.25) is 0 Å². The van der Waals surface area contributed by atoms with Crippen molar-refractivity contribution in [3.05, 3.63) is 35.4 Å². The third-order valence-electron chi connectivity index (χ3n) is 2.42. The summed E-state index contributed by atoms with van der Waals surface area (Å²) in [6.45, 7) is 4.26. The fourth-order valence-electron chi connectivity index (χ4n) is 1.35. The van der Waals surface area contributed by atoms with Gasteiger partial charge in [0.15, 0.2) is 0 Å². The third-order valence-corrected chi connectivity index (χ3v) is 2.42. The summed E-state index contributed by atoms with van der Waals surface area (Å²) in [5.74, 6) is 0.911. The molecule has 0 atom stereocenters. The van der Waals surface area contributed by atoms with Gasteiger partial charge in [-0.1, -0.05) is 23.8 Å². The van der Waals surface area contributed by atoms with Crippen LogP contribution in [0.5, 0.6) is 5.75 Å². The maximum absolute atomic E-state index is 5.62. The Kier molecular flexibility index (Phi) is 5.73. The van der Waals surface area contributed by atoms with Gasteiger partial charge in [0.1, 0.15) is 12.4 Å². The average molecular weight is 234 g/mol. The molecule has 1 aromatic rings. The molecule has 0 bridgehead atoms. The largest absolute Gasteiger partial charge is 0.492 e. The summed E-state index contributed by atoms with van der Waals surface area (Å²) in [7, 11) is 4.07. The van der Waals surface area contributed by atoms with Crippen molar-refractivity contribution in [1.29, 1.82) is 0 Å². The summed E-state index contributed by atoms with van der Waals surface area (Å²) in [6.07, 6.45) is 2.09. The van der Waals surface area contributed by atoms with E-state index >= 15 is 0 Å². The zero-order valence-electron chi connectivity index (χ0n) is 10.9. The Morgan fingerprint density at radius 2 is 1.94 bits per heavy atom. The van der Waals surface area contributed by atoms with Crippen molar-refractivity contribution in [2.45, 2.75) is 6.92 Å². The minimum absolute atomic E-state index is 0.598. The Hall–Kier alpha value is -1.32. The highest BCUT2D eigenvalue weighted by atomic mass is 16.5. The van der Waals surface area contributed by atoms with Crippen molar-refractivity contribution in [3.63, 3.8) is 0 Å². The van der Waals surface area contributed by atoms with Gasteiger partial charge in [-0.25, -0.2) is 0 Å². The Balaban J connectivity index is 2.50. The van der Waals surface area contributed by atoms with Gasteiger partial charge < -0.3 is 15.4 Å². The summed E-state index contributed by atoms with van der Waals surface area (Å²) in [4.78, 5) is 2.10. The van der Waals surface area contributed by atoms with Gasteiger partial charge >= 0.3 is 0 Å². The van der Waals surface area contributed by atoms with Crippen LogP contribution in [0.3, 0.4) is 0 Å². The van der Waals surface area contributed by atoms with Crippen LogP contribution in [0.15, 0.2) is 29.8 Å². The van der Waals surface area contributed by atoms with Crippen LogP contribution < -0.4 is 10.5 Å². The first kappa shape index (κ1) is 13.7. The quantitative estimate of drug-likeness (QED) is 0.818. The first-order valence-electron chi connectivity index (χ1n) is 5.86. The van der Waals surface area contributed by atoms with Crippen molar-refractivity contribution in [2.75, 3.05) is 33.8 Å². The van der Waals surface area contributed by atoms with Gasteiger partial charge in [-0.3, -0.25) is 0 Å². The van der Waals surface area contributed by atoms with Gasteiger partial charge in [-0.2, -0.15) is 0 Å². The molecule has 0 aliphatic rings. The van der Waals surface area contributed by atoms with Crippen LogP contribution in [0, 0.1) is 0 Å². The fourth-order valence-corrected chi connectivity index (χ4v) is 1.35. The molecule has 0 fully saturated rings. The molecule has 0 aromatic heterocycles. The molecule has 0 spiro atoms. The third kappa shape index (κ3) is 5.52. The predicted octanol–water partition coefficient (Wildman–Crippen LogP) is 1.99. The minimum atomic E-state index is 0.598. The van der Waals surface area contributed by atoms with Crippen molar-refractivity contribution < 1.29 is 4.74 Å². The molecule has 0 saturated heterocycles. The molecular weight excluding hydrogens is 212 g/mol. The van der Waals surface area contributed by atoms with Crippen LogP contribution in [-0.4, -0.2) is 38.7 Å². The average Bonchev–Trinajstić information content (AvgIpc) is 2.31. The lowest BCUT2D eigenvalue weighted by Gasteiger charge is -2.11. The monoisotopic (exact) mass is 234 g/mol. The van der Waals surface area contributed by atoms with Gasteiger partial charge in [-0.15, -0.1) is 0 Å². The first-order chi connectivity index (χ1) is 8.11. The number of nitrogens with two attached hydrogens (primary N) is 1. The number of ether oxygens (including phenoxy) is 1. The van der Waals surface area contributed by atoms with Crippen LogP contribution in [0.1, 0.15) is 12.5 Å². The van der Waals surface area contributed by atoms with E-state index in [1.165, 1.54) is 5.57 Å². The van der Waals surface area contributed by atoms with Crippen molar-refractivity contribution in [1.82, 2.24) is 4.90 Å². The first-order valence-corrected chi connectivity index (χ1v) is 5.86. The van der Waals surface area contributed by atoms with E-state index in [0.29, 0.717) is 13.2 Å². The molecule has 17 heavy (non-hydrogen) atoms. The summed E-state index contributed by atoms with van der Waals surface area (Å²) >= 11 is 0. The van der Waals surface area contributed by atoms with E-state index in [9.17, 15) is 0 Å². The number of benzene rings is 1. The van der Waals surface area contributed by atoms with E-state index in [1.807, 2.05) is 45.3 Å². The number of hydrogen-bond donors (Lipinski definition) is 1. The fraction of sp³-hybridized carbons (Fsp3) is 0.429. The second-order valence-corrected chi connectivity index (χ2v) is 4.42. The number of nitrogens with zero attached hydrogens (tertiary/aromatic N) is 1. The van der Waals surface area contributed by atoms with E-state index in [2.05, 4.69) is 11.0 Å². The molecule has 1 rings (SSSR count). The van der Waals surface area contributed by atoms with Crippen LogP contribution in [0.25, 0.3) is 6.08 Å². The topological polar surface area (TPSA) is 38.5 Å². The minimum Gasteiger partial charge on any atom is -0.492 e. The maximum Gasteiger partial charge on any atom is 0.119 e. The van der Waals surface area contributed by atoms with E-state index in [-0.39, 0.29) is 0 Å². The molecular formula is C14H22N2O. The van der Waals surface area contributed by atoms with Gasteiger partial charge in [0.05, 0.1) is 0 Å². The molecule has 0 saturated carbocycles. The van der Waals surface area contributed by atoms with E-state index in [1.54, 1.807) is 0 Å². The van der Waals surface area contributed by atoms with Gasteiger partial charge in [0.25, 0.3) is 0 Å². The SMILES string of the molecule is CC(=Cc1ccc(OCCN(C)C)cc1)CN. The highest BCUT2D eigenvalue weighted by Gasteiger charge is 1.95. The molecule has 0 radical (unpaired) electrons. The molecule has 94 valence electrons. The van der Waals surface area contributed by atoms with E-state index in [4.69, 9.17) is 10.5 Å². The molecule has 0 unspecified atom stereocenters. The molecule has 0 aliphatic heterocycles. The van der Waals surface area contributed by atoms with E-state index in [0.717, 1.165) is 17.9 Å². The summed E-state index contributed by atoms with van der Waals surface area (Å²) < 4.78 is 5.62. The lowest BCUT2D eigenvalue weighted by molar-refractivity contribution is 0.261. The Bertz CT molecular complexity index is 355. The maximum atomic E-state index is 5.62. The van der Waals surface area contributed by atoms with Crippen LogP contribution in [0.2, 0.25) is 0 Å². The van der Waals surface area contributed by atoms with Gasteiger partial charge in [-0.05, 0) is 38.7 Å². The highest BCUT2D eigenvalue weighted by Crippen LogP contribution is 2.14. The van der Waals surface area contributed by atoms with Gasteiger partial charge in [0, 0.05) is 13.1 Å². The van der Waals surface area contributed by atoms with Crippen LogP contribution >= 0.6 is 0 Å². The molecule has 0 heterocycles. The number of rotatable bonds is 6. The number of likely N-dealkylation sites (N-methyl/N-ethyl adjacent to an activating group) is 1. The smallest absolute Gasteiger partial charge is 0.119 e. The Morgan fingerprint density at radius 3 is 2.47 bits per heavy atom. The molecule has 1 aromatic carbocycles. The lowest BCUT2D eigenvalue weighted by atomic mass is 10.1. The molecule has 3 heteroatoms. The predicted molar refractivity (Wildman–Crippen MR) is 73.2 cm³/mol. The zero-order chi connectivity index (χ0) is 12.7. The summed E-state index contributed by atoms with van der Waals surface area (Å²) in [6, 6.07) is 8.07. The normalized spacial score (nSPS) is 11.9. The van der Waals surface area contributed by atoms with Crippen molar-refractivity contribution in [3.8, 4) is 5.75 Å². The highest BCUT2D eigenvalue weighted by molar-refractivity contribution is 5.53. The van der Waals surface area contributed by atoms with Crippen molar-refractivity contribution >= 4 is 6.08 Å². The molecule has 2 N–H and O–H groups in total. The Morgan fingerprint density at radius 1 is 1.29 bits per heavy atom. The zero-order valence-corrected chi connectivity index (χ0v) is 10.9. The van der Waals surface area contributed by atoms with Crippen LogP contribution in [0.4, 0.5) is 0 Å².